The summed E-state index contributed by atoms with van der Waals surface area (Å²) in [4.78, 5) is 0. The topological polar surface area (TPSA) is 0 Å². The smallest absolute Gasteiger partial charge is 0.0414 e. The van der Waals surface area contributed by atoms with E-state index in [1.807, 2.05) is 0 Å². The van der Waals surface area contributed by atoms with Gasteiger partial charge in [0, 0.05) is 0 Å². The summed E-state index contributed by atoms with van der Waals surface area (Å²) >= 11 is 0. The monoisotopic (exact) mass is 310 g/mol. The normalized spacial score (nSPS) is 14.2. The maximum absolute atomic E-state index is 2.35. The summed E-state index contributed by atoms with van der Waals surface area (Å²) in [6, 6.07) is 0. The highest BCUT2D eigenvalue weighted by Crippen LogP contribution is 2.24. The summed E-state index contributed by atoms with van der Waals surface area (Å²) in [6.45, 7) is 9.36. The van der Waals surface area contributed by atoms with E-state index in [2.05, 4.69) is 27.7 Å². The molecule has 0 bridgehead atoms. The third kappa shape index (κ3) is 13.6. The zero-order chi connectivity index (χ0) is 16.5. The van der Waals surface area contributed by atoms with Crippen molar-refractivity contribution in [2.75, 3.05) is 0 Å². The lowest BCUT2D eigenvalue weighted by Gasteiger charge is -2.17. The highest BCUT2D eigenvalue weighted by atomic mass is 14.1. The highest BCUT2D eigenvalue weighted by molar-refractivity contribution is 4.62. The van der Waals surface area contributed by atoms with Gasteiger partial charge in [-0.2, -0.15) is 0 Å². The Balaban J connectivity index is 3.63. The molecular weight excluding hydrogens is 264 g/mol. The Morgan fingerprint density at radius 3 is 1.05 bits per heavy atom. The van der Waals surface area contributed by atoms with Crippen LogP contribution in [0.2, 0.25) is 0 Å². The molecule has 0 aromatic carbocycles. The van der Waals surface area contributed by atoms with E-state index in [1.54, 1.807) is 0 Å². The molecule has 0 radical (unpaired) electrons. The van der Waals surface area contributed by atoms with Gasteiger partial charge in [-0.1, -0.05) is 130 Å². The van der Waals surface area contributed by atoms with Gasteiger partial charge in [0.2, 0.25) is 0 Å². The molecule has 22 heavy (non-hydrogen) atoms. The van der Waals surface area contributed by atoms with Crippen molar-refractivity contribution >= 4 is 0 Å². The first-order valence-electron chi connectivity index (χ1n) is 10.8. The molecule has 0 aliphatic rings. The van der Waals surface area contributed by atoms with Crippen molar-refractivity contribution in [3.05, 3.63) is 0 Å². The Morgan fingerprint density at radius 2 is 0.727 bits per heavy atom. The minimum absolute atomic E-state index is 1.03. The van der Waals surface area contributed by atoms with E-state index >= 15 is 0 Å². The van der Waals surface area contributed by atoms with Crippen molar-refractivity contribution in [1.82, 2.24) is 0 Å². The largest absolute Gasteiger partial charge is 0.0654 e. The Kier molecular flexibility index (Phi) is 17.4. The molecule has 0 heterocycles. The standard InChI is InChI=1S/C22H46/c1-5-9-17-21(15-7-3)19-13-11-12-14-20-22(16-8-4)18-10-6-2/h21-22H,5-20H2,1-4H3. The zero-order valence-electron chi connectivity index (χ0n) is 16.5. The van der Waals surface area contributed by atoms with Gasteiger partial charge in [0.1, 0.15) is 0 Å². The van der Waals surface area contributed by atoms with Crippen molar-refractivity contribution in [2.45, 2.75) is 130 Å². The van der Waals surface area contributed by atoms with Crippen LogP contribution in [-0.2, 0) is 0 Å². The van der Waals surface area contributed by atoms with Crippen molar-refractivity contribution in [2.24, 2.45) is 11.8 Å². The molecule has 0 aliphatic carbocycles. The van der Waals surface area contributed by atoms with E-state index in [0.29, 0.717) is 0 Å². The summed E-state index contributed by atoms with van der Waals surface area (Å²) in [6.07, 6.45) is 23.3. The summed E-state index contributed by atoms with van der Waals surface area (Å²) in [5, 5.41) is 0. The van der Waals surface area contributed by atoms with E-state index in [-0.39, 0.29) is 0 Å². The summed E-state index contributed by atoms with van der Waals surface area (Å²) < 4.78 is 0. The first-order chi connectivity index (χ1) is 10.8. The highest BCUT2D eigenvalue weighted by Gasteiger charge is 2.08. The van der Waals surface area contributed by atoms with Crippen molar-refractivity contribution in [3.8, 4) is 0 Å². The van der Waals surface area contributed by atoms with E-state index < -0.39 is 0 Å². The fourth-order valence-electron chi connectivity index (χ4n) is 3.89. The fraction of sp³-hybridized carbons (Fsp3) is 1.00. The molecule has 0 saturated heterocycles. The second-order valence-electron chi connectivity index (χ2n) is 7.59. The summed E-state index contributed by atoms with van der Waals surface area (Å²) in [5.74, 6) is 2.06. The Labute approximate surface area is 142 Å². The number of unbranched alkanes of at least 4 members (excludes halogenated alkanes) is 5. The molecule has 0 fully saturated rings. The maximum Gasteiger partial charge on any atom is -0.0414 e. The van der Waals surface area contributed by atoms with E-state index in [1.165, 1.54) is 103 Å². The minimum Gasteiger partial charge on any atom is -0.0654 e. The van der Waals surface area contributed by atoms with Gasteiger partial charge in [0.25, 0.3) is 0 Å². The van der Waals surface area contributed by atoms with Crippen LogP contribution in [0.3, 0.4) is 0 Å². The van der Waals surface area contributed by atoms with Gasteiger partial charge in [-0.25, -0.2) is 0 Å². The molecule has 0 aromatic heterocycles. The third-order valence-electron chi connectivity index (χ3n) is 5.30. The summed E-state index contributed by atoms with van der Waals surface area (Å²) in [5.41, 5.74) is 0. The van der Waals surface area contributed by atoms with Crippen LogP contribution >= 0.6 is 0 Å². The van der Waals surface area contributed by atoms with Crippen LogP contribution in [0.5, 0.6) is 0 Å². The van der Waals surface area contributed by atoms with Crippen molar-refractivity contribution in [3.63, 3.8) is 0 Å². The molecule has 0 heteroatoms. The van der Waals surface area contributed by atoms with Crippen LogP contribution in [0.25, 0.3) is 0 Å². The molecular formula is C22H46. The first-order valence-corrected chi connectivity index (χ1v) is 10.8. The molecule has 0 nitrogen and oxygen atoms in total. The van der Waals surface area contributed by atoms with Crippen molar-refractivity contribution < 1.29 is 0 Å². The molecule has 0 aliphatic heterocycles. The lowest BCUT2D eigenvalue weighted by Crippen LogP contribution is -2.01. The van der Waals surface area contributed by atoms with Gasteiger partial charge < -0.3 is 0 Å². The SMILES string of the molecule is CCCCC(CCC)CCCCCCC(CCC)CCCC. The van der Waals surface area contributed by atoms with E-state index in [9.17, 15) is 0 Å². The maximum atomic E-state index is 2.35. The molecule has 0 saturated carbocycles. The molecule has 0 aromatic rings. The van der Waals surface area contributed by atoms with Gasteiger partial charge >= 0.3 is 0 Å². The van der Waals surface area contributed by atoms with Gasteiger partial charge in [0.05, 0.1) is 0 Å². The van der Waals surface area contributed by atoms with Crippen LogP contribution < -0.4 is 0 Å². The van der Waals surface area contributed by atoms with E-state index in [4.69, 9.17) is 0 Å². The molecule has 2 atom stereocenters. The van der Waals surface area contributed by atoms with Crippen LogP contribution in [-0.4, -0.2) is 0 Å². The molecule has 0 spiro atoms. The predicted octanol–water partition coefficient (Wildman–Crippen LogP) is 8.54. The molecule has 0 amide bonds. The lowest BCUT2D eigenvalue weighted by atomic mass is 9.89. The molecule has 0 rings (SSSR count). The van der Waals surface area contributed by atoms with Gasteiger partial charge in [-0.3, -0.25) is 0 Å². The Bertz CT molecular complexity index is 174. The van der Waals surface area contributed by atoms with Gasteiger partial charge in [-0.05, 0) is 11.8 Å². The van der Waals surface area contributed by atoms with Crippen LogP contribution in [0.15, 0.2) is 0 Å². The first kappa shape index (κ1) is 22.0. The number of hydrogen-bond acceptors (Lipinski definition) is 0. The van der Waals surface area contributed by atoms with Crippen molar-refractivity contribution in [1.29, 1.82) is 0 Å². The van der Waals surface area contributed by atoms with Gasteiger partial charge in [0.15, 0.2) is 0 Å². The Hall–Kier alpha value is 0. The molecule has 2 unspecified atom stereocenters. The summed E-state index contributed by atoms with van der Waals surface area (Å²) in [7, 11) is 0. The predicted molar refractivity (Wildman–Crippen MR) is 104 cm³/mol. The number of hydrogen-bond donors (Lipinski definition) is 0. The average molecular weight is 311 g/mol. The van der Waals surface area contributed by atoms with Crippen LogP contribution in [0, 0.1) is 11.8 Å². The minimum atomic E-state index is 1.03. The van der Waals surface area contributed by atoms with Gasteiger partial charge in [-0.15, -0.1) is 0 Å². The average Bonchev–Trinajstić information content (AvgIpc) is 2.53. The van der Waals surface area contributed by atoms with E-state index in [0.717, 1.165) is 11.8 Å². The quantitative estimate of drug-likeness (QED) is 0.236. The Morgan fingerprint density at radius 1 is 0.364 bits per heavy atom. The molecule has 134 valence electrons. The second kappa shape index (κ2) is 17.4. The van der Waals surface area contributed by atoms with Crippen LogP contribution in [0.4, 0.5) is 0 Å². The third-order valence-corrected chi connectivity index (χ3v) is 5.30. The number of rotatable bonds is 17. The zero-order valence-corrected chi connectivity index (χ0v) is 16.5. The fourth-order valence-corrected chi connectivity index (χ4v) is 3.89. The second-order valence-corrected chi connectivity index (χ2v) is 7.59. The molecule has 0 N–H and O–H groups in total. The lowest BCUT2D eigenvalue weighted by molar-refractivity contribution is 0.367. The van der Waals surface area contributed by atoms with Crippen LogP contribution in [0.1, 0.15) is 130 Å².